The van der Waals surface area contributed by atoms with Gasteiger partial charge in [0.25, 0.3) is 5.91 Å². The molecule has 6 rings (SSSR count). The number of ether oxygens (including phenoxy) is 2. The van der Waals surface area contributed by atoms with Gasteiger partial charge in [-0.1, -0.05) is 30.3 Å². The molecule has 2 heterocycles. The largest absolute Gasteiger partial charge is 0.497 e. The Kier molecular flexibility index (Phi) is 7.52. The van der Waals surface area contributed by atoms with E-state index in [-0.39, 0.29) is 17.6 Å². The van der Waals surface area contributed by atoms with Gasteiger partial charge in [0.2, 0.25) is 5.91 Å². The number of amides is 2. The first-order chi connectivity index (χ1) is 20.5. The molecule has 4 aromatic carbocycles. The molecule has 2 aliphatic heterocycles. The number of methoxy groups -OCH3 is 2. The second-order valence-corrected chi connectivity index (χ2v) is 10.4. The average molecular weight is 566 g/mol. The van der Waals surface area contributed by atoms with Crippen LogP contribution >= 0.6 is 0 Å². The number of benzene rings is 4. The van der Waals surface area contributed by atoms with Crippen LogP contribution in [-0.2, 0) is 4.79 Å². The zero-order valence-electron chi connectivity index (χ0n) is 23.6. The Bertz CT molecular complexity index is 1570. The highest BCUT2D eigenvalue weighted by atomic mass is 19.1. The molecule has 2 aliphatic rings. The fraction of sp³-hybridized carbons (Fsp3) is 0.235. The standard InChI is InChI=1S/C34H32FN3O4/c1-41-27-15-7-23(8-16-27)32-31(34(40)37-21-19-36(20-22-37)25-11-9-24(35)10-12-25)29-5-3-4-6-30(29)33(39)38(32)26-13-17-28(42-2)18-14-26/h3-18,31-32H,19-22H2,1-2H3/t31-,32+/m0/s1. The first kappa shape index (κ1) is 27.3. The molecule has 0 bridgehead atoms. The van der Waals surface area contributed by atoms with Crippen molar-refractivity contribution in [3.63, 3.8) is 0 Å². The number of hydrogen-bond acceptors (Lipinski definition) is 5. The van der Waals surface area contributed by atoms with Crippen LogP contribution in [0.2, 0.25) is 0 Å². The maximum Gasteiger partial charge on any atom is 0.259 e. The lowest BCUT2D eigenvalue weighted by Gasteiger charge is -2.44. The summed E-state index contributed by atoms with van der Waals surface area (Å²) in [5.74, 6) is 0.263. The van der Waals surface area contributed by atoms with Crippen LogP contribution in [0.25, 0.3) is 0 Å². The van der Waals surface area contributed by atoms with Crippen molar-refractivity contribution in [2.24, 2.45) is 0 Å². The van der Waals surface area contributed by atoms with Crippen LogP contribution in [0, 0.1) is 5.82 Å². The molecule has 1 saturated heterocycles. The molecule has 0 saturated carbocycles. The summed E-state index contributed by atoms with van der Waals surface area (Å²) in [7, 11) is 3.21. The Morgan fingerprint density at radius 2 is 1.31 bits per heavy atom. The topological polar surface area (TPSA) is 62.3 Å². The highest BCUT2D eigenvalue weighted by Gasteiger charge is 2.46. The van der Waals surface area contributed by atoms with Crippen LogP contribution in [0.1, 0.15) is 33.4 Å². The Balaban J connectivity index is 1.40. The van der Waals surface area contributed by atoms with Crippen molar-refractivity contribution in [1.29, 1.82) is 0 Å². The van der Waals surface area contributed by atoms with E-state index in [4.69, 9.17) is 9.47 Å². The second-order valence-electron chi connectivity index (χ2n) is 10.4. The third-order valence-electron chi connectivity index (χ3n) is 8.20. The third-order valence-corrected chi connectivity index (χ3v) is 8.20. The number of nitrogens with zero attached hydrogens (tertiary/aromatic N) is 3. The third kappa shape index (κ3) is 5.04. The molecule has 0 aromatic heterocycles. The van der Waals surface area contributed by atoms with Gasteiger partial charge < -0.3 is 19.3 Å². The molecular formula is C34H32FN3O4. The highest BCUT2D eigenvalue weighted by Crippen LogP contribution is 2.46. The summed E-state index contributed by atoms with van der Waals surface area (Å²) in [6.45, 7) is 2.28. The molecule has 0 N–H and O–H groups in total. The maximum atomic E-state index is 14.6. The van der Waals surface area contributed by atoms with Crippen molar-refractivity contribution in [2.75, 3.05) is 50.2 Å². The lowest BCUT2D eigenvalue weighted by molar-refractivity contribution is -0.133. The minimum absolute atomic E-state index is 0.0342. The van der Waals surface area contributed by atoms with Crippen molar-refractivity contribution in [1.82, 2.24) is 4.90 Å². The molecule has 0 unspecified atom stereocenters. The van der Waals surface area contributed by atoms with E-state index >= 15 is 0 Å². The van der Waals surface area contributed by atoms with Gasteiger partial charge in [0, 0.05) is 43.1 Å². The van der Waals surface area contributed by atoms with Crippen LogP contribution in [-0.4, -0.2) is 57.1 Å². The van der Waals surface area contributed by atoms with Crippen molar-refractivity contribution in [2.45, 2.75) is 12.0 Å². The number of carbonyl (C=O) groups excluding carboxylic acids is 2. The molecule has 0 spiro atoms. The quantitative estimate of drug-likeness (QED) is 0.301. The average Bonchev–Trinajstić information content (AvgIpc) is 3.05. The van der Waals surface area contributed by atoms with Gasteiger partial charge in [-0.25, -0.2) is 4.39 Å². The Morgan fingerprint density at radius 3 is 1.93 bits per heavy atom. The van der Waals surface area contributed by atoms with Crippen molar-refractivity contribution < 1.29 is 23.5 Å². The van der Waals surface area contributed by atoms with E-state index in [0.717, 1.165) is 16.8 Å². The molecule has 42 heavy (non-hydrogen) atoms. The Hall–Kier alpha value is -4.85. The summed E-state index contributed by atoms with van der Waals surface area (Å²) in [4.78, 5) is 34.5. The summed E-state index contributed by atoms with van der Waals surface area (Å²) < 4.78 is 24.2. The van der Waals surface area contributed by atoms with Crippen LogP contribution in [0.3, 0.4) is 0 Å². The predicted molar refractivity (Wildman–Crippen MR) is 160 cm³/mol. The number of piperazine rings is 1. The first-order valence-corrected chi connectivity index (χ1v) is 14.0. The number of anilines is 2. The van der Waals surface area contributed by atoms with E-state index < -0.39 is 12.0 Å². The number of hydrogen-bond donors (Lipinski definition) is 0. The van der Waals surface area contributed by atoms with Crippen LogP contribution < -0.4 is 19.3 Å². The molecule has 2 amide bonds. The van der Waals surface area contributed by atoms with Crippen LogP contribution in [0.5, 0.6) is 11.5 Å². The van der Waals surface area contributed by atoms with E-state index in [1.54, 1.807) is 37.3 Å². The molecule has 2 atom stereocenters. The van der Waals surface area contributed by atoms with Crippen LogP contribution in [0.4, 0.5) is 15.8 Å². The fourth-order valence-electron chi connectivity index (χ4n) is 6.00. The van der Waals surface area contributed by atoms with E-state index in [1.165, 1.54) is 12.1 Å². The van der Waals surface area contributed by atoms with Gasteiger partial charge in [0.1, 0.15) is 17.3 Å². The lowest BCUT2D eigenvalue weighted by atomic mass is 9.78. The smallest absolute Gasteiger partial charge is 0.259 e. The van der Waals surface area contributed by atoms with Crippen molar-refractivity contribution in [3.05, 3.63) is 120 Å². The zero-order valence-corrected chi connectivity index (χ0v) is 23.6. The molecule has 4 aromatic rings. The predicted octanol–water partition coefficient (Wildman–Crippen LogP) is 5.68. The van der Waals surface area contributed by atoms with Gasteiger partial charge in [-0.3, -0.25) is 14.5 Å². The van der Waals surface area contributed by atoms with Gasteiger partial charge in [-0.05, 0) is 77.9 Å². The highest BCUT2D eigenvalue weighted by molar-refractivity contribution is 6.11. The number of fused-ring (bicyclic) bond motifs is 1. The SMILES string of the molecule is COc1ccc([C@@H]2[C@@H](C(=O)N3CCN(c4ccc(F)cc4)CC3)c3ccccc3C(=O)N2c2ccc(OC)cc2)cc1. The molecule has 7 nitrogen and oxygen atoms in total. The minimum atomic E-state index is -0.633. The normalized spacial score (nSPS) is 18.5. The fourth-order valence-corrected chi connectivity index (χ4v) is 6.00. The zero-order chi connectivity index (χ0) is 29.2. The summed E-state index contributed by atoms with van der Waals surface area (Å²) in [6.07, 6.45) is 0. The monoisotopic (exact) mass is 565 g/mol. The van der Waals surface area contributed by atoms with Crippen molar-refractivity contribution in [3.8, 4) is 11.5 Å². The van der Waals surface area contributed by atoms with E-state index in [1.807, 2.05) is 71.6 Å². The number of carbonyl (C=O) groups is 2. The van der Waals surface area contributed by atoms with Crippen LogP contribution in [0.15, 0.2) is 97.1 Å². The summed E-state index contributed by atoms with van der Waals surface area (Å²) in [5, 5.41) is 0. The van der Waals surface area contributed by atoms with Crippen molar-refractivity contribution >= 4 is 23.2 Å². The van der Waals surface area contributed by atoms with Gasteiger partial charge in [-0.2, -0.15) is 0 Å². The summed E-state index contributed by atoms with van der Waals surface area (Å²) in [6, 6.07) is 28.2. The van der Waals surface area contributed by atoms with Gasteiger partial charge in [0.15, 0.2) is 0 Å². The first-order valence-electron chi connectivity index (χ1n) is 14.0. The maximum absolute atomic E-state index is 14.6. The van der Waals surface area contributed by atoms with E-state index in [0.29, 0.717) is 48.9 Å². The minimum Gasteiger partial charge on any atom is -0.497 e. The van der Waals surface area contributed by atoms with Gasteiger partial charge in [-0.15, -0.1) is 0 Å². The molecule has 0 radical (unpaired) electrons. The van der Waals surface area contributed by atoms with E-state index in [9.17, 15) is 14.0 Å². The van der Waals surface area contributed by atoms with Gasteiger partial charge >= 0.3 is 0 Å². The van der Waals surface area contributed by atoms with E-state index in [2.05, 4.69) is 4.90 Å². The molecule has 214 valence electrons. The Morgan fingerprint density at radius 1 is 0.738 bits per heavy atom. The Labute approximate surface area is 244 Å². The summed E-state index contributed by atoms with van der Waals surface area (Å²) >= 11 is 0. The molecular weight excluding hydrogens is 533 g/mol. The second kappa shape index (κ2) is 11.6. The lowest BCUT2D eigenvalue weighted by Crippen LogP contribution is -2.53. The molecule has 1 fully saturated rings. The van der Waals surface area contributed by atoms with Gasteiger partial charge in [0.05, 0.1) is 26.2 Å². The number of halogens is 1. The summed E-state index contributed by atoms with van der Waals surface area (Å²) in [5.41, 5.74) is 3.67. The molecule has 0 aliphatic carbocycles. The molecule has 8 heteroatoms. The number of rotatable bonds is 6.